The van der Waals surface area contributed by atoms with Crippen molar-refractivity contribution in [3.8, 4) is 0 Å². The molecular formula is C11H13N3O4. The number of rotatable bonds is 4. The van der Waals surface area contributed by atoms with Gasteiger partial charge in [0.05, 0.1) is 11.5 Å². The van der Waals surface area contributed by atoms with Crippen molar-refractivity contribution >= 4 is 17.5 Å². The van der Waals surface area contributed by atoms with Gasteiger partial charge in [0, 0.05) is 13.0 Å². The van der Waals surface area contributed by atoms with Gasteiger partial charge in [-0.1, -0.05) is 12.1 Å². The summed E-state index contributed by atoms with van der Waals surface area (Å²) < 4.78 is 5.01. The highest BCUT2D eigenvalue weighted by Gasteiger charge is 2.18. The first-order valence-electron chi connectivity index (χ1n) is 5.27. The molecule has 0 aliphatic heterocycles. The second kappa shape index (κ2) is 6.33. The minimum atomic E-state index is -0.652. The number of carbonyl (C=O) groups is 1. The van der Waals surface area contributed by atoms with Crippen LogP contribution < -0.4 is 5.43 Å². The lowest BCUT2D eigenvalue weighted by atomic mass is 10.2. The van der Waals surface area contributed by atoms with E-state index in [1.54, 1.807) is 19.9 Å². The Hall–Kier alpha value is -2.44. The first-order chi connectivity index (χ1) is 8.56. The molecule has 0 aliphatic rings. The van der Waals surface area contributed by atoms with Crippen molar-refractivity contribution in [3.63, 3.8) is 0 Å². The van der Waals surface area contributed by atoms with Gasteiger partial charge in [0.25, 0.3) is 11.6 Å². The molecule has 0 saturated heterocycles. The Bertz CT molecular complexity index is 485. The van der Waals surface area contributed by atoms with Crippen molar-refractivity contribution in [3.05, 3.63) is 39.9 Å². The predicted octanol–water partition coefficient (Wildman–Crippen LogP) is 1.69. The number of para-hydroxylation sites is 1. The van der Waals surface area contributed by atoms with E-state index in [9.17, 15) is 14.9 Å². The molecule has 0 bridgehead atoms. The minimum Gasteiger partial charge on any atom is -0.480 e. The van der Waals surface area contributed by atoms with Crippen molar-refractivity contribution in [2.45, 2.75) is 13.8 Å². The Kier molecular flexibility index (Phi) is 4.79. The number of hydrogen-bond donors (Lipinski definition) is 1. The second-order valence-corrected chi connectivity index (χ2v) is 3.28. The lowest BCUT2D eigenvalue weighted by Crippen LogP contribution is -2.20. The van der Waals surface area contributed by atoms with Crippen LogP contribution in [0, 0.1) is 10.1 Å². The number of benzene rings is 1. The van der Waals surface area contributed by atoms with Crippen LogP contribution >= 0.6 is 0 Å². The van der Waals surface area contributed by atoms with E-state index in [4.69, 9.17) is 4.74 Å². The fourth-order valence-corrected chi connectivity index (χ4v) is 1.26. The number of hydrogen-bond acceptors (Lipinski definition) is 5. The van der Waals surface area contributed by atoms with Crippen LogP contribution in [0.15, 0.2) is 29.4 Å². The molecule has 7 heteroatoms. The van der Waals surface area contributed by atoms with E-state index in [1.807, 2.05) is 0 Å². The van der Waals surface area contributed by atoms with Crippen LogP contribution in [0.1, 0.15) is 24.2 Å². The summed E-state index contributed by atoms with van der Waals surface area (Å²) >= 11 is 0. The highest BCUT2D eigenvalue weighted by Crippen LogP contribution is 2.17. The molecule has 0 unspecified atom stereocenters. The number of hydrazone groups is 1. The van der Waals surface area contributed by atoms with E-state index in [1.165, 1.54) is 18.2 Å². The summed E-state index contributed by atoms with van der Waals surface area (Å²) in [6, 6.07) is 5.65. The lowest BCUT2D eigenvalue weighted by molar-refractivity contribution is -0.385. The van der Waals surface area contributed by atoms with E-state index in [0.29, 0.717) is 6.61 Å². The zero-order chi connectivity index (χ0) is 13.5. The molecule has 0 spiro atoms. The van der Waals surface area contributed by atoms with Crippen molar-refractivity contribution in [2.75, 3.05) is 6.61 Å². The Balaban J connectivity index is 2.85. The average Bonchev–Trinajstić information content (AvgIpc) is 2.36. The molecule has 7 nitrogen and oxygen atoms in total. The average molecular weight is 251 g/mol. The highest BCUT2D eigenvalue weighted by molar-refractivity contribution is 5.98. The molecule has 0 aromatic heterocycles. The van der Waals surface area contributed by atoms with Gasteiger partial charge in [0.2, 0.25) is 5.90 Å². The largest absolute Gasteiger partial charge is 0.480 e. The molecule has 0 atom stereocenters. The SMILES string of the molecule is CCO/C(C)=N/NC(=O)c1ccccc1[N+](=O)[O-]. The fraction of sp³-hybridized carbons (Fsp3) is 0.273. The molecule has 0 fully saturated rings. The molecule has 18 heavy (non-hydrogen) atoms. The fourth-order valence-electron chi connectivity index (χ4n) is 1.26. The van der Waals surface area contributed by atoms with Crippen LogP contribution in [0.4, 0.5) is 5.69 Å². The zero-order valence-electron chi connectivity index (χ0n) is 10.0. The van der Waals surface area contributed by atoms with E-state index >= 15 is 0 Å². The topological polar surface area (TPSA) is 93.8 Å². The Morgan fingerprint density at radius 3 is 2.78 bits per heavy atom. The molecule has 1 aromatic carbocycles. The molecule has 1 aromatic rings. The predicted molar refractivity (Wildman–Crippen MR) is 65.3 cm³/mol. The van der Waals surface area contributed by atoms with Gasteiger partial charge >= 0.3 is 0 Å². The third-order valence-electron chi connectivity index (χ3n) is 2.01. The van der Waals surface area contributed by atoms with Crippen LogP contribution in [0.3, 0.4) is 0 Å². The first-order valence-corrected chi connectivity index (χ1v) is 5.27. The van der Waals surface area contributed by atoms with Crippen molar-refractivity contribution in [2.24, 2.45) is 5.10 Å². The number of ether oxygens (including phenoxy) is 1. The Labute approximate surface area is 104 Å². The molecule has 1 rings (SSSR count). The number of nitrogens with zero attached hydrogens (tertiary/aromatic N) is 2. The van der Waals surface area contributed by atoms with Gasteiger partial charge in [-0.3, -0.25) is 14.9 Å². The summed E-state index contributed by atoms with van der Waals surface area (Å²) in [5, 5.41) is 14.4. The number of carbonyl (C=O) groups excluding carboxylic acids is 1. The van der Waals surface area contributed by atoms with E-state index in [2.05, 4.69) is 10.5 Å². The summed E-state index contributed by atoms with van der Waals surface area (Å²) in [5.74, 6) is -0.370. The summed E-state index contributed by atoms with van der Waals surface area (Å²) in [6.07, 6.45) is 0. The van der Waals surface area contributed by atoms with Gasteiger partial charge < -0.3 is 4.74 Å². The van der Waals surface area contributed by atoms with Gasteiger partial charge in [0.15, 0.2) is 0 Å². The normalized spacial score (nSPS) is 10.9. The molecular weight excluding hydrogens is 238 g/mol. The third-order valence-corrected chi connectivity index (χ3v) is 2.01. The molecule has 96 valence electrons. The Morgan fingerprint density at radius 1 is 1.50 bits per heavy atom. The van der Waals surface area contributed by atoms with E-state index < -0.39 is 10.8 Å². The quantitative estimate of drug-likeness (QED) is 0.381. The van der Waals surface area contributed by atoms with Crippen LogP contribution in [-0.4, -0.2) is 23.3 Å². The minimum absolute atomic E-state index is 0.0458. The van der Waals surface area contributed by atoms with Crippen molar-refractivity contribution in [1.29, 1.82) is 0 Å². The van der Waals surface area contributed by atoms with E-state index in [-0.39, 0.29) is 17.1 Å². The summed E-state index contributed by atoms with van der Waals surface area (Å²) in [7, 11) is 0. The van der Waals surface area contributed by atoms with Gasteiger partial charge in [0.1, 0.15) is 5.56 Å². The summed E-state index contributed by atoms with van der Waals surface area (Å²) in [4.78, 5) is 21.8. The Morgan fingerprint density at radius 2 is 2.17 bits per heavy atom. The molecule has 0 aliphatic carbocycles. The maximum Gasteiger partial charge on any atom is 0.282 e. The molecule has 0 saturated carbocycles. The van der Waals surface area contributed by atoms with Gasteiger partial charge in [-0.2, -0.15) is 0 Å². The molecule has 1 amide bonds. The number of nitro benzene ring substituents is 1. The second-order valence-electron chi connectivity index (χ2n) is 3.28. The van der Waals surface area contributed by atoms with Gasteiger partial charge in [-0.05, 0) is 13.0 Å². The number of amides is 1. The molecule has 0 heterocycles. The zero-order valence-corrected chi connectivity index (χ0v) is 10.0. The number of nitrogens with one attached hydrogen (secondary N) is 1. The van der Waals surface area contributed by atoms with Crippen molar-refractivity contribution in [1.82, 2.24) is 5.43 Å². The van der Waals surface area contributed by atoms with Crippen LogP contribution in [0.5, 0.6) is 0 Å². The smallest absolute Gasteiger partial charge is 0.282 e. The highest BCUT2D eigenvalue weighted by atomic mass is 16.6. The summed E-state index contributed by atoms with van der Waals surface area (Å²) in [5.41, 5.74) is 1.89. The lowest BCUT2D eigenvalue weighted by Gasteiger charge is -2.03. The maximum atomic E-state index is 11.7. The first kappa shape index (κ1) is 13.6. The van der Waals surface area contributed by atoms with Crippen LogP contribution in [0.2, 0.25) is 0 Å². The standard InChI is InChI=1S/C11H13N3O4/c1-3-18-8(2)12-13-11(15)9-6-4-5-7-10(9)14(16)17/h4-7H,3H2,1-2H3,(H,13,15)/b12-8+. The van der Waals surface area contributed by atoms with Gasteiger partial charge in [-0.25, -0.2) is 5.43 Å². The number of nitro groups is 1. The third kappa shape index (κ3) is 3.55. The van der Waals surface area contributed by atoms with Crippen LogP contribution in [-0.2, 0) is 4.74 Å². The van der Waals surface area contributed by atoms with E-state index in [0.717, 1.165) is 0 Å². The maximum absolute atomic E-state index is 11.7. The molecule has 0 radical (unpaired) electrons. The molecule has 1 N–H and O–H groups in total. The summed E-state index contributed by atoms with van der Waals surface area (Å²) in [6.45, 7) is 3.78. The monoisotopic (exact) mass is 251 g/mol. The van der Waals surface area contributed by atoms with Gasteiger partial charge in [-0.15, -0.1) is 5.10 Å². The van der Waals surface area contributed by atoms with Crippen molar-refractivity contribution < 1.29 is 14.5 Å². The van der Waals surface area contributed by atoms with Crippen LogP contribution in [0.25, 0.3) is 0 Å².